The Labute approximate surface area is 160 Å². The number of aromatic nitrogens is 1. The fourth-order valence-electron chi connectivity index (χ4n) is 3.46. The first-order valence-corrected chi connectivity index (χ1v) is 10.4. The van der Waals surface area contributed by atoms with Gasteiger partial charge >= 0.3 is 0 Å². The maximum Gasteiger partial charge on any atom is 0.226 e. The zero-order chi connectivity index (χ0) is 18.5. The number of aryl methyl sites for hydroxylation is 1. The Morgan fingerprint density at radius 2 is 2.15 bits per heavy atom. The molecular weight excluding hydrogens is 342 g/mol. The highest BCUT2D eigenvalue weighted by atomic mass is 32.1. The van der Waals surface area contributed by atoms with Gasteiger partial charge in [-0.1, -0.05) is 36.8 Å². The number of benzene rings is 1. The highest BCUT2D eigenvalue weighted by Gasteiger charge is 2.21. The van der Waals surface area contributed by atoms with Crippen molar-refractivity contribution < 1.29 is 4.79 Å². The van der Waals surface area contributed by atoms with E-state index in [2.05, 4.69) is 60.2 Å². The molecule has 5 heteroatoms. The van der Waals surface area contributed by atoms with E-state index in [1.54, 1.807) is 11.3 Å². The number of rotatable bonds is 6. The Kier molecular flexibility index (Phi) is 6.43. The number of piperidine rings is 1. The molecule has 1 N–H and O–H groups in total. The number of likely N-dealkylation sites (tertiary alicyclic amines) is 1. The minimum Gasteiger partial charge on any atom is -0.354 e. The summed E-state index contributed by atoms with van der Waals surface area (Å²) >= 11 is 1.60. The lowest BCUT2D eigenvalue weighted by molar-refractivity contribution is -0.120. The summed E-state index contributed by atoms with van der Waals surface area (Å²) in [5.74, 6) is 0.819. The lowest BCUT2D eigenvalue weighted by Crippen LogP contribution is -2.46. The van der Waals surface area contributed by atoms with Gasteiger partial charge in [0, 0.05) is 30.1 Å². The third kappa shape index (κ3) is 5.15. The van der Waals surface area contributed by atoms with Gasteiger partial charge < -0.3 is 5.32 Å². The number of thiazole rings is 1. The summed E-state index contributed by atoms with van der Waals surface area (Å²) in [6.07, 6.45) is 2.94. The van der Waals surface area contributed by atoms with Crippen molar-refractivity contribution in [3.05, 3.63) is 40.9 Å². The normalized spacial score (nSPS) is 19.3. The molecule has 0 radical (unpaired) electrons. The number of carbonyl (C=O) groups is 1. The first-order valence-electron chi connectivity index (χ1n) is 9.53. The molecule has 2 unspecified atom stereocenters. The minimum absolute atomic E-state index is 0.0580. The van der Waals surface area contributed by atoms with Crippen LogP contribution in [-0.4, -0.2) is 41.5 Å². The van der Waals surface area contributed by atoms with E-state index in [4.69, 9.17) is 0 Å². The predicted molar refractivity (Wildman–Crippen MR) is 108 cm³/mol. The zero-order valence-electron chi connectivity index (χ0n) is 16.0. The Balaban J connectivity index is 1.48. The van der Waals surface area contributed by atoms with Crippen molar-refractivity contribution in [3.63, 3.8) is 0 Å². The van der Waals surface area contributed by atoms with Gasteiger partial charge in [-0.05, 0) is 39.2 Å². The van der Waals surface area contributed by atoms with E-state index in [-0.39, 0.29) is 5.91 Å². The van der Waals surface area contributed by atoms with Crippen LogP contribution < -0.4 is 5.32 Å². The van der Waals surface area contributed by atoms with Crippen LogP contribution in [-0.2, 0) is 11.2 Å². The van der Waals surface area contributed by atoms with Crippen LogP contribution >= 0.6 is 11.3 Å². The molecule has 0 saturated carbocycles. The molecule has 2 aromatic rings. The summed E-state index contributed by atoms with van der Waals surface area (Å²) in [6.45, 7) is 9.59. The van der Waals surface area contributed by atoms with E-state index in [1.165, 1.54) is 18.4 Å². The molecule has 1 aliphatic rings. The SMILES string of the molecule is Cc1ccc(-c2nc(CC(=O)NCC(C)N3CCCC(C)C3)cs2)cc1. The molecule has 0 aliphatic carbocycles. The Morgan fingerprint density at radius 1 is 1.38 bits per heavy atom. The van der Waals surface area contributed by atoms with Gasteiger partial charge in [0.1, 0.15) is 5.01 Å². The lowest BCUT2D eigenvalue weighted by Gasteiger charge is -2.35. The zero-order valence-corrected chi connectivity index (χ0v) is 16.8. The molecule has 2 atom stereocenters. The van der Waals surface area contributed by atoms with Crippen LogP contribution in [0.25, 0.3) is 10.6 Å². The molecule has 1 fully saturated rings. The second-order valence-corrected chi connectivity index (χ2v) is 8.44. The highest BCUT2D eigenvalue weighted by Crippen LogP contribution is 2.24. The Morgan fingerprint density at radius 3 is 2.88 bits per heavy atom. The quantitative estimate of drug-likeness (QED) is 0.838. The molecule has 0 spiro atoms. The van der Waals surface area contributed by atoms with Crippen molar-refractivity contribution in [1.29, 1.82) is 0 Å². The van der Waals surface area contributed by atoms with Gasteiger partial charge in [0.15, 0.2) is 0 Å². The average molecular weight is 372 g/mol. The summed E-state index contributed by atoms with van der Waals surface area (Å²) in [4.78, 5) is 19.4. The maximum atomic E-state index is 12.3. The lowest BCUT2D eigenvalue weighted by atomic mass is 9.99. The Bertz CT molecular complexity index is 725. The van der Waals surface area contributed by atoms with E-state index in [0.29, 0.717) is 19.0 Å². The Hall–Kier alpha value is -1.72. The van der Waals surface area contributed by atoms with E-state index < -0.39 is 0 Å². The van der Waals surface area contributed by atoms with Gasteiger partial charge in [-0.2, -0.15) is 0 Å². The molecule has 26 heavy (non-hydrogen) atoms. The largest absolute Gasteiger partial charge is 0.354 e. The summed E-state index contributed by atoms with van der Waals surface area (Å²) in [5.41, 5.74) is 3.20. The van der Waals surface area contributed by atoms with Crippen LogP contribution in [0.5, 0.6) is 0 Å². The van der Waals surface area contributed by atoms with E-state index in [9.17, 15) is 4.79 Å². The van der Waals surface area contributed by atoms with Crippen molar-refractivity contribution >= 4 is 17.2 Å². The minimum atomic E-state index is 0.0580. The van der Waals surface area contributed by atoms with Gasteiger partial charge in [-0.3, -0.25) is 9.69 Å². The molecule has 3 rings (SSSR count). The van der Waals surface area contributed by atoms with Crippen LogP contribution in [0.4, 0.5) is 0 Å². The van der Waals surface area contributed by atoms with Crippen molar-refractivity contribution in [3.8, 4) is 10.6 Å². The second kappa shape index (κ2) is 8.78. The first-order chi connectivity index (χ1) is 12.5. The van der Waals surface area contributed by atoms with Gasteiger partial charge in [-0.25, -0.2) is 4.98 Å². The fourth-order valence-corrected chi connectivity index (χ4v) is 4.29. The third-order valence-electron chi connectivity index (χ3n) is 5.10. The molecule has 1 aliphatic heterocycles. The molecule has 1 saturated heterocycles. The summed E-state index contributed by atoms with van der Waals surface area (Å²) in [5, 5.41) is 6.05. The standard InChI is InChI=1S/C21H29N3OS/c1-15-6-8-18(9-7-15)21-23-19(14-26-21)11-20(25)22-12-17(3)24-10-4-5-16(2)13-24/h6-9,14,16-17H,4-5,10-13H2,1-3H3,(H,22,25). The van der Waals surface area contributed by atoms with Crippen molar-refractivity contribution in [2.45, 2.75) is 46.1 Å². The van der Waals surface area contributed by atoms with Crippen LogP contribution in [0.3, 0.4) is 0 Å². The molecule has 140 valence electrons. The van der Waals surface area contributed by atoms with Crippen molar-refractivity contribution in [2.75, 3.05) is 19.6 Å². The second-order valence-electron chi connectivity index (χ2n) is 7.58. The average Bonchev–Trinajstić information content (AvgIpc) is 3.08. The molecule has 1 aromatic carbocycles. The smallest absolute Gasteiger partial charge is 0.226 e. The summed E-state index contributed by atoms with van der Waals surface area (Å²) in [7, 11) is 0. The van der Waals surface area contributed by atoms with Crippen LogP contribution in [0.2, 0.25) is 0 Å². The molecule has 4 nitrogen and oxygen atoms in total. The van der Waals surface area contributed by atoms with E-state index in [1.807, 2.05) is 5.38 Å². The topological polar surface area (TPSA) is 45.2 Å². The van der Waals surface area contributed by atoms with E-state index in [0.717, 1.165) is 35.3 Å². The molecule has 1 aromatic heterocycles. The molecular formula is C21H29N3OS. The number of nitrogens with one attached hydrogen (secondary N) is 1. The van der Waals surface area contributed by atoms with Gasteiger partial charge in [-0.15, -0.1) is 11.3 Å². The fraction of sp³-hybridized carbons (Fsp3) is 0.524. The number of nitrogens with zero attached hydrogens (tertiary/aromatic N) is 2. The molecule has 2 heterocycles. The van der Waals surface area contributed by atoms with Gasteiger partial charge in [0.2, 0.25) is 5.91 Å². The van der Waals surface area contributed by atoms with E-state index >= 15 is 0 Å². The highest BCUT2D eigenvalue weighted by molar-refractivity contribution is 7.13. The summed E-state index contributed by atoms with van der Waals surface area (Å²) in [6, 6.07) is 8.73. The molecule has 0 bridgehead atoms. The number of hydrogen-bond donors (Lipinski definition) is 1. The van der Waals surface area contributed by atoms with Crippen LogP contribution in [0, 0.1) is 12.8 Å². The number of carbonyl (C=O) groups excluding carboxylic acids is 1. The van der Waals surface area contributed by atoms with Crippen molar-refractivity contribution in [2.24, 2.45) is 5.92 Å². The number of hydrogen-bond acceptors (Lipinski definition) is 4. The number of amides is 1. The monoisotopic (exact) mass is 371 g/mol. The van der Waals surface area contributed by atoms with Crippen LogP contribution in [0.1, 0.15) is 37.9 Å². The predicted octanol–water partition coefficient (Wildman–Crippen LogP) is 3.90. The van der Waals surface area contributed by atoms with Gasteiger partial charge in [0.25, 0.3) is 0 Å². The first kappa shape index (κ1) is 19.1. The maximum absolute atomic E-state index is 12.3. The third-order valence-corrected chi connectivity index (χ3v) is 6.04. The summed E-state index contributed by atoms with van der Waals surface area (Å²) < 4.78 is 0. The molecule has 1 amide bonds. The van der Waals surface area contributed by atoms with Crippen LogP contribution in [0.15, 0.2) is 29.6 Å². The van der Waals surface area contributed by atoms with Crippen molar-refractivity contribution in [1.82, 2.24) is 15.2 Å². The van der Waals surface area contributed by atoms with Gasteiger partial charge in [0.05, 0.1) is 12.1 Å².